The van der Waals surface area contributed by atoms with Gasteiger partial charge in [-0.1, -0.05) is 54.2 Å². The van der Waals surface area contributed by atoms with E-state index in [1.807, 2.05) is 60.7 Å². The summed E-state index contributed by atoms with van der Waals surface area (Å²) in [6.07, 6.45) is 7.09. The van der Waals surface area contributed by atoms with Gasteiger partial charge < -0.3 is 10.2 Å². The highest BCUT2D eigenvalue weighted by Gasteiger charge is 2.30. The highest BCUT2D eigenvalue weighted by atomic mass is 32.2. The number of hydrogen-bond acceptors (Lipinski definition) is 3. The number of para-hydroxylation sites is 1. The van der Waals surface area contributed by atoms with Crippen LogP contribution in [0.25, 0.3) is 6.08 Å². The Hall–Kier alpha value is -2.57. The van der Waals surface area contributed by atoms with E-state index in [0.29, 0.717) is 11.4 Å². The van der Waals surface area contributed by atoms with Crippen LogP contribution >= 0.6 is 11.8 Å². The first-order valence-electron chi connectivity index (χ1n) is 11.2. The molecule has 0 radical (unpaired) electrons. The summed E-state index contributed by atoms with van der Waals surface area (Å²) in [5.74, 6) is -0.232. The Kier molecular flexibility index (Phi) is 7.43. The van der Waals surface area contributed by atoms with Crippen LogP contribution in [0, 0.1) is 0 Å². The van der Waals surface area contributed by atoms with Crippen molar-refractivity contribution >= 4 is 35.3 Å². The molecule has 31 heavy (non-hydrogen) atoms. The fourth-order valence-corrected chi connectivity index (χ4v) is 5.24. The van der Waals surface area contributed by atoms with Crippen molar-refractivity contribution in [1.82, 2.24) is 5.32 Å². The summed E-state index contributed by atoms with van der Waals surface area (Å²) in [6.45, 7) is 4.03. The molecule has 2 aromatic rings. The molecule has 4 rings (SSSR count). The number of carbonyl (C=O) groups is 2. The lowest BCUT2D eigenvalue weighted by atomic mass is 10.2. The minimum absolute atomic E-state index is 0.0396. The van der Waals surface area contributed by atoms with Gasteiger partial charge in [0, 0.05) is 4.90 Å². The van der Waals surface area contributed by atoms with Gasteiger partial charge in [0.15, 0.2) is 0 Å². The van der Waals surface area contributed by atoms with Crippen LogP contribution in [0.5, 0.6) is 0 Å². The number of quaternary nitrogens is 1. The third kappa shape index (κ3) is 5.77. The van der Waals surface area contributed by atoms with Gasteiger partial charge in [0.05, 0.1) is 36.8 Å². The standard InChI is InChI=1S/C25H29N3O2S/c29-24(26-14-17-27-15-8-1-2-9-16-27)19-28-21-12-6-7-13-22(21)31-23(25(28)30)18-20-10-4-3-5-11-20/h3-7,10-13,18H,1-2,8-9,14-17,19H2,(H,26,29)/p+1. The van der Waals surface area contributed by atoms with Gasteiger partial charge in [-0.2, -0.15) is 0 Å². The molecule has 2 aromatic carbocycles. The average Bonchev–Trinajstić information content (AvgIpc) is 3.06. The number of thioether (sulfide) groups is 1. The van der Waals surface area contributed by atoms with E-state index in [2.05, 4.69) is 5.32 Å². The predicted octanol–water partition coefficient (Wildman–Crippen LogP) is 2.74. The molecule has 2 aliphatic rings. The number of nitrogens with one attached hydrogen (secondary N) is 2. The molecule has 0 bridgehead atoms. The Labute approximate surface area is 188 Å². The monoisotopic (exact) mass is 436 g/mol. The minimum atomic E-state index is -0.124. The van der Waals surface area contributed by atoms with Crippen LogP contribution in [0.15, 0.2) is 64.4 Å². The number of anilines is 1. The number of likely N-dealkylation sites (tertiary alicyclic amines) is 1. The Morgan fingerprint density at radius 1 is 1.00 bits per heavy atom. The topological polar surface area (TPSA) is 53.9 Å². The molecule has 2 aliphatic heterocycles. The van der Waals surface area contributed by atoms with Crippen molar-refractivity contribution in [3.8, 4) is 0 Å². The quantitative estimate of drug-likeness (QED) is 0.685. The molecule has 1 fully saturated rings. The minimum Gasteiger partial charge on any atom is -0.349 e. The summed E-state index contributed by atoms with van der Waals surface area (Å²) in [4.78, 5) is 30.7. The highest BCUT2D eigenvalue weighted by molar-refractivity contribution is 8.04. The van der Waals surface area contributed by atoms with Gasteiger partial charge in [-0.25, -0.2) is 0 Å². The van der Waals surface area contributed by atoms with E-state index in [1.165, 1.54) is 50.5 Å². The number of carbonyl (C=O) groups excluding carboxylic acids is 2. The van der Waals surface area contributed by atoms with Gasteiger partial charge in [0.25, 0.3) is 5.91 Å². The van der Waals surface area contributed by atoms with Crippen LogP contribution in [0.4, 0.5) is 5.69 Å². The van der Waals surface area contributed by atoms with Crippen molar-refractivity contribution in [2.24, 2.45) is 0 Å². The maximum atomic E-state index is 13.2. The molecule has 5 nitrogen and oxygen atoms in total. The van der Waals surface area contributed by atoms with Crippen LogP contribution in [-0.2, 0) is 9.59 Å². The molecule has 0 unspecified atom stereocenters. The Morgan fingerprint density at radius 3 is 2.48 bits per heavy atom. The van der Waals surface area contributed by atoms with E-state index < -0.39 is 0 Å². The molecule has 2 heterocycles. The fraction of sp³-hybridized carbons (Fsp3) is 0.360. The molecule has 0 saturated carbocycles. The van der Waals surface area contributed by atoms with Crippen LogP contribution in [-0.4, -0.2) is 44.5 Å². The molecule has 0 spiro atoms. The lowest BCUT2D eigenvalue weighted by Crippen LogP contribution is -3.12. The Balaban J connectivity index is 1.42. The Bertz CT molecular complexity index is 937. The smallest absolute Gasteiger partial charge is 0.265 e. The first kappa shape index (κ1) is 21.7. The largest absolute Gasteiger partial charge is 0.349 e. The summed E-state index contributed by atoms with van der Waals surface area (Å²) in [5, 5.41) is 3.03. The van der Waals surface area contributed by atoms with E-state index >= 15 is 0 Å². The fourth-order valence-electron chi connectivity index (χ4n) is 4.18. The van der Waals surface area contributed by atoms with Gasteiger partial charge in [-0.3, -0.25) is 14.5 Å². The zero-order valence-corrected chi connectivity index (χ0v) is 18.6. The van der Waals surface area contributed by atoms with Crippen molar-refractivity contribution in [2.45, 2.75) is 30.6 Å². The first-order valence-corrected chi connectivity index (χ1v) is 12.0. The van der Waals surface area contributed by atoms with Crippen LogP contribution in [0.1, 0.15) is 31.2 Å². The molecule has 0 atom stereocenters. The highest BCUT2D eigenvalue weighted by Crippen LogP contribution is 2.41. The maximum Gasteiger partial charge on any atom is 0.265 e. The normalized spacial score (nSPS) is 18.5. The summed E-state index contributed by atoms with van der Waals surface area (Å²) in [6, 6.07) is 17.6. The van der Waals surface area contributed by atoms with Gasteiger partial charge in [-0.15, -0.1) is 0 Å². The first-order chi connectivity index (χ1) is 15.2. The third-order valence-electron chi connectivity index (χ3n) is 5.84. The molecule has 6 heteroatoms. The zero-order valence-electron chi connectivity index (χ0n) is 17.8. The molecule has 0 aromatic heterocycles. The molecule has 2 N–H and O–H groups in total. The molecule has 0 aliphatic carbocycles. The molecular weight excluding hydrogens is 406 g/mol. The molecular formula is C25H30N3O2S+. The number of fused-ring (bicyclic) bond motifs is 1. The number of amides is 2. The van der Waals surface area contributed by atoms with Crippen molar-refractivity contribution in [3.05, 3.63) is 65.1 Å². The van der Waals surface area contributed by atoms with Crippen LogP contribution < -0.4 is 15.1 Å². The predicted molar refractivity (Wildman–Crippen MR) is 126 cm³/mol. The SMILES string of the molecule is O=C(CN1C(=O)C(=Cc2ccccc2)Sc2ccccc21)NCC[NH+]1CCCCCC1. The zero-order chi connectivity index (χ0) is 21.5. The van der Waals surface area contributed by atoms with E-state index in [0.717, 1.165) is 22.7 Å². The van der Waals surface area contributed by atoms with E-state index in [1.54, 1.807) is 9.80 Å². The molecule has 2 amide bonds. The maximum absolute atomic E-state index is 13.2. The van der Waals surface area contributed by atoms with E-state index in [-0.39, 0.29) is 18.4 Å². The van der Waals surface area contributed by atoms with Crippen molar-refractivity contribution in [1.29, 1.82) is 0 Å². The average molecular weight is 437 g/mol. The second-order valence-corrected chi connectivity index (χ2v) is 9.23. The van der Waals surface area contributed by atoms with Gasteiger partial charge in [0.1, 0.15) is 6.54 Å². The lowest BCUT2D eigenvalue weighted by Gasteiger charge is -2.30. The second-order valence-electron chi connectivity index (χ2n) is 8.14. The summed E-state index contributed by atoms with van der Waals surface area (Å²) in [5.41, 5.74) is 1.78. The van der Waals surface area contributed by atoms with Gasteiger partial charge >= 0.3 is 0 Å². The van der Waals surface area contributed by atoms with Gasteiger partial charge in [-0.05, 0) is 49.5 Å². The summed E-state index contributed by atoms with van der Waals surface area (Å²) >= 11 is 1.46. The van der Waals surface area contributed by atoms with Crippen molar-refractivity contribution < 1.29 is 14.5 Å². The van der Waals surface area contributed by atoms with Crippen molar-refractivity contribution in [3.63, 3.8) is 0 Å². The van der Waals surface area contributed by atoms with Crippen LogP contribution in [0.2, 0.25) is 0 Å². The summed E-state index contributed by atoms with van der Waals surface area (Å²) < 4.78 is 0. The number of nitrogens with zero attached hydrogens (tertiary/aromatic N) is 1. The molecule has 1 saturated heterocycles. The van der Waals surface area contributed by atoms with E-state index in [9.17, 15) is 9.59 Å². The second kappa shape index (κ2) is 10.6. The number of rotatable bonds is 6. The Morgan fingerprint density at radius 2 is 1.71 bits per heavy atom. The summed E-state index contributed by atoms with van der Waals surface area (Å²) in [7, 11) is 0. The number of hydrogen-bond donors (Lipinski definition) is 2. The van der Waals surface area contributed by atoms with E-state index in [4.69, 9.17) is 0 Å². The number of benzene rings is 2. The lowest BCUT2D eigenvalue weighted by molar-refractivity contribution is -0.898. The molecule has 162 valence electrons. The van der Waals surface area contributed by atoms with Crippen LogP contribution in [0.3, 0.4) is 0 Å². The van der Waals surface area contributed by atoms with Gasteiger partial charge in [0.2, 0.25) is 5.91 Å². The van der Waals surface area contributed by atoms with Crippen molar-refractivity contribution in [2.75, 3.05) is 37.6 Å². The third-order valence-corrected chi connectivity index (χ3v) is 6.92.